The first-order valence-electron chi connectivity index (χ1n) is 4.30. The number of nitrogens with one attached hydrogen (secondary N) is 1. The number of hydrazine groups is 1. The molecular weight excluding hydrogens is 140 g/mol. The third kappa shape index (κ3) is 7.33. The van der Waals surface area contributed by atoms with Crippen LogP contribution in [-0.2, 0) is 4.79 Å². The highest BCUT2D eigenvalue weighted by atomic mass is 16.2. The van der Waals surface area contributed by atoms with Crippen molar-refractivity contribution in [3.63, 3.8) is 0 Å². The minimum absolute atomic E-state index is 0.0542. The molecule has 0 bridgehead atoms. The number of carbonyl (C=O) groups is 1. The molecule has 3 nitrogen and oxygen atoms in total. The maximum absolute atomic E-state index is 10.6. The van der Waals surface area contributed by atoms with E-state index >= 15 is 0 Å². The van der Waals surface area contributed by atoms with Gasteiger partial charge in [-0.15, -0.1) is 0 Å². The minimum Gasteiger partial charge on any atom is -0.294 e. The first-order chi connectivity index (χ1) is 5.31. The Morgan fingerprint density at radius 2 is 1.91 bits per heavy atom. The van der Waals surface area contributed by atoms with E-state index < -0.39 is 0 Å². The molecule has 0 spiro atoms. The minimum atomic E-state index is -0.0542. The highest BCUT2D eigenvalue weighted by Crippen LogP contribution is 2.04. The first kappa shape index (κ1) is 10.4. The van der Waals surface area contributed by atoms with Gasteiger partial charge in [-0.2, -0.15) is 0 Å². The maximum Gasteiger partial charge on any atom is 0.233 e. The summed E-state index contributed by atoms with van der Waals surface area (Å²) in [5.74, 6) is 4.86. The lowest BCUT2D eigenvalue weighted by atomic mass is 10.1. The van der Waals surface area contributed by atoms with Crippen molar-refractivity contribution in [2.24, 2.45) is 5.84 Å². The zero-order valence-corrected chi connectivity index (χ0v) is 7.23. The van der Waals surface area contributed by atoms with E-state index in [-0.39, 0.29) is 5.91 Å². The smallest absolute Gasteiger partial charge is 0.233 e. The zero-order chi connectivity index (χ0) is 8.53. The van der Waals surface area contributed by atoms with Gasteiger partial charge in [0.2, 0.25) is 5.91 Å². The molecule has 0 aliphatic rings. The molecule has 0 aliphatic carbocycles. The Bertz CT molecular complexity index is 104. The Labute approximate surface area is 68.3 Å². The molecule has 3 N–H and O–H groups in total. The zero-order valence-electron chi connectivity index (χ0n) is 7.23. The molecule has 0 aromatic rings. The molecule has 0 aromatic carbocycles. The van der Waals surface area contributed by atoms with Crippen LogP contribution in [0.3, 0.4) is 0 Å². The number of amides is 1. The normalized spacial score (nSPS) is 9.64. The Morgan fingerprint density at radius 1 is 1.27 bits per heavy atom. The lowest BCUT2D eigenvalue weighted by Gasteiger charge is -1.98. The molecule has 0 saturated heterocycles. The first-order valence-corrected chi connectivity index (χ1v) is 4.30. The SMILES string of the molecule is CCCCCCCC(=O)NN. The van der Waals surface area contributed by atoms with Crippen molar-refractivity contribution in [3.8, 4) is 0 Å². The van der Waals surface area contributed by atoms with Crippen molar-refractivity contribution in [2.75, 3.05) is 0 Å². The molecule has 0 saturated carbocycles. The van der Waals surface area contributed by atoms with E-state index in [0.29, 0.717) is 6.42 Å². The number of nitrogens with two attached hydrogens (primary N) is 1. The Morgan fingerprint density at radius 3 is 2.45 bits per heavy atom. The average molecular weight is 158 g/mol. The van der Waals surface area contributed by atoms with Crippen LogP contribution in [0.1, 0.15) is 45.4 Å². The predicted octanol–water partition coefficient (Wildman–Crippen LogP) is 1.34. The summed E-state index contributed by atoms with van der Waals surface area (Å²) in [6.07, 6.45) is 6.41. The Hall–Kier alpha value is -0.570. The van der Waals surface area contributed by atoms with Gasteiger partial charge >= 0.3 is 0 Å². The van der Waals surface area contributed by atoms with Crippen LogP contribution in [0.5, 0.6) is 0 Å². The van der Waals surface area contributed by atoms with Gasteiger partial charge in [-0.25, -0.2) is 5.84 Å². The average Bonchev–Trinajstić information content (AvgIpc) is 2.04. The summed E-state index contributed by atoms with van der Waals surface area (Å²) in [5.41, 5.74) is 2.12. The second kappa shape index (κ2) is 7.54. The fourth-order valence-corrected chi connectivity index (χ4v) is 0.961. The Kier molecular flexibility index (Phi) is 7.15. The number of unbranched alkanes of at least 4 members (excludes halogenated alkanes) is 4. The van der Waals surface area contributed by atoms with Gasteiger partial charge in [-0.05, 0) is 6.42 Å². The molecule has 0 unspecified atom stereocenters. The molecule has 0 radical (unpaired) electrons. The third-order valence-electron chi connectivity index (χ3n) is 1.67. The molecule has 0 atom stereocenters. The lowest BCUT2D eigenvalue weighted by molar-refractivity contribution is -0.121. The largest absolute Gasteiger partial charge is 0.294 e. The van der Waals surface area contributed by atoms with E-state index in [1.807, 2.05) is 0 Å². The van der Waals surface area contributed by atoms with Crippen LogP contribution in [0.2, 0.25) is 0 Å². The number of rotatable bonds is 6. The monoisotopic (exact) mass is 158 g/mol. The van der Waals surface area contributed by atoms with Crippen molar-refractivity contribution in [1.29, 1.82) is 0 Å². The van der Waals surface area contributed by atoms with Gasteiger partial charge in [0, 0.05) is 6.42 Å². The highest BCUT2D eigenvalue weighted by molar-refractivity contribution is 5.74. The second-order valence-corrected chi connectivity index (χ2v) is 2.73. The highest BCUT2D eigenvalue weighted by Gasteiger charge is 1.96. The van der Waals surface area contributed by atoms with Crippen LogP contribution < -0.4 is 11.3 Å². The van der Waals surface area contributed by atoms with Crippen molar-refractivity contribution >= 4 is 5.91 Å². The van der Waals surface area contributed by atoms with Gasteiger partial charge in [0.25, 0.3) is 0 Å². The van der Waals surface area contributed by atoms with Crippen molar-refractivity contribution in [1.82, 2.24) is 5.43 Å². The quantitative estimate of drug-likeness (QED) is 0.265. The second-order valence-electron chi connectivity index (χ2n) is 2.73. The summed E-state index contributed by atoms with van der Waals surface area (Å²) >= 11 is 0. The molecule has 0 aliphatic heterocycles. The van der Waals surface area contributed by atoms with Crippen LogP contribution in [0.15, 0.2) is 0 Å². The molecule has 3 heteroatoms. The predicted molar refractivity (Wildman–Crippen MR) is 45.7 cm³/mol. The third-order valence-corrected chi connectivity index (χ3v) is 1.67. The van der Waals surface area contributed by atoms with Gasteiger partial charge in [-0.1, -0.05) is 32.6 Å². The standard InChI is InChI=1S/C8H18N2O/c1-2-3-4-5-6-7-8(11)10-9/h2-7,9H2,1H3,(H,10,11). The number of carbonyl (C=O) groups excluding carboxylic acids is 1. The van der Waals surface area contributed by atoms with Crippen LogP contribution in [0.25, 0.3) is 0 Å². The van der Waals surface area contributed by atoms with E-state index in [1.165, 1.54) is 19.3 Å². The van der Waals surface area contributed by atoms with E-state index in [0.717, 1.165) is 12.8 Å². The van der Waals surface area contributed by atoms with Crippen LogP contribution in [-0.4, -0.2) is 5.91 Å². The summed E-state index contributed by atoms with van der Waals surface area (Å²) in [7, 11) is 0. The summed E-state index contributed by atoms with van der Waals surface area (Å²) in [6.45, 7) is 2.17. The molecule has 66 valence electrons. The Balaban J connectivity index is 2.95. The van der Waals surface area contributed by atoms with Gasteiger partial charge in [0.15, 0.2) is 0 Å². The van der Waals surface area contributed by atoms with E-state index in [4.69, 9.17) is 5.84 Å². The summed E-state index contributed by atoms with van der Waals surface area (Å²) in [5, 5.41) is 0. The van der Waals surface area contributed by atoms with Crippen LogP contribution in [0, 0.1) is 0 Å². The molecule has 0 rings (SSSR count). The van der Waals surface area contributed by atoms with Crippen molar-refractivity contribution in [2.45, 2.75) is 45.4 Å². The van der Waals surface area contributed by atoms with Gasteiger partial charge in [0.1, 0.15) is 0 Å². The van der Waals surface area contributed by atoms with Crippen molar-refractivity contribution in [3.05, 3.63) is 0 Å². The fourth-order valence-electron chi connectivity index (χ4n) is 0.961. The van der Waals surface area contributed by atoms with Gasteiger partial charge in [0.05, 0.1) is 0 Å². The van der Waals surface area contributed by atoms with E-state index in [2.05, 4.69) is 12.3 Å². The lowest BCUT2D eigenvalue weighted by Crippen LogP contribution is -2.29. The molecule has 0 aromatic heterocycles. The molecule has 0 heterocycles. The molecule has 11 heavy (non-hydrogen) atoms. The fraction of sp³-hybridized carbons (Fsp3) is 0.875. The number of hydrogen-bond donors (Lipinski definition) is 2. The van der Waals surface area contributed by atoms with Crippen molar-refractivity contribution < 1.29 is 4.79 Å². The molecule has 1 amide bonds. The van der Waals surface area contributed by atoms with Gasteiger partial charge < -0.3 is 0 Å². The van der Waals surface area contributed by atoms with Crippen LogP contribution >= 0.6 is 0 Å². The van der Waals surface area contributed by atoms with E-state index in [1.54, 1.807) is 0 Å². The number of hydrogen-bond acceptors (Lipinski definition) is 2. The summed E-state index contributed by atoms with van der Waals surface area (Å²) < 4.78 is 0. The summed E-state index contributed by atoms with van der Waals surface area (Å²) in [6, 6.07) is 0. The molecule has 0 fully saturated rings. The van der Waals surface area contributed by atoms with Gasteiger partial charge in [-0.3, -0.25) is 10.2 Å². The molecular formula is C8H18N2O. The topological polar surface area (TPSA) is 55.1 Å². The summed E-state index contributed by atoms with van der Waals surface area (Å²) in [4.78, 5) is 10.6. The maximum atomic E-state index is 10.6. The van der Waals surface area contributed by atoms with Crippen LogP contribution in [0.4, 0.5) is 0 Å². The van der Waals surface area contributed by atoms with E-state index in [9.17, 15) is 4.79 Å².